The van der Waals surface area contributed by atoms with Gasteiger partial charge in [-0.15, -0.1) is 10.2 Å². The fourth-order valence-electron chi connectivity index (χ4n) is 1.72. The zero-order chi connectivity index (χ0) is 13.8. The van der Waals surface area contributed by atoms with Crippen molar-refractivity contribution in [2.75, 3.05) is 5.75 Å². The molecule has 0 bridgehead atoms. The van der Waals surface area contributed by atoms with E-state index in [2.05, 4.69) is 16.3 Å². The first kappa shape index (κ1) is 13.6. The van der Waals surface area contributed by atoms with Crippen molar-refractivity contribution >= 4 is 17.7 Å². The van der Waals surface area contributed by atoms with Crippen molar-refractivity contribution in [3.63, 3.8) is 0 Å². The molecule has 0 saturated carbocycles. The van der Waals surface area contributed by atoms with E-state index < -0.39 is 0 Å². The second-order valence-corrected chi connectivity index (χ2v) is 5.36. The van der Waals surface area contributed by atoms with Crippen LogP contribution in [0.3, 0.4) is 0 Å². The van der Waals surface area contributed by atoms with Crippen LogP contribution in [0.1, 0.15) is 17.5 Å². The maximum atomic E-state index is 10.6. The summed E-state index contributed by atoms with van der Waals surface area (Å²) in [5, 5.41) is 8.41. The Balaban J connectivity index is 2.09. The SMILES string of the molecule is Cc1cc(C)cc(-c2nnc(SCCC(N)=O)o2)c1. The number of primary amides is 1. The van der Waals surface area contributed by atoms with Gasteiger partial charge < -0.3 is 10.2 Å². The fraction of sp³-hybridized carbons (Fsp3) is 0.308. The monoisotopic (exact) mass is 277 g/mol. The summed E-state index contributed by atoms with van der Waals surface area (Å²) < 4.78 is 5.55. The Hall–Kier alpha value is -1.82. The lowest BCUT2D eigenvalue weighted by molar-refractivity contribution is -0.117. The molecule has 2 N–H and O–H groups in total. The van der Waals surface area contributed by atoms with Crippen molar-refractivity contribution in [2.45, 2.75) is 25.5 Å². The van der Waals surface area contributed by atoms with Gasteiger partial charge in [-0.3, -0.25) is 4.79 Å². The molecule has 0 aliphatic heterocycles. The van der Waals surface area contributed by atoms with E-state index in [0.717, 1.165) is 16.7 Å². The molecule has 1 amide bonds. The summed E-state index contributed by atoms with van der Waals surface area (Å²) in [5.41, 5.74) is 8.27. The summed E-state index contributed by atoms with van der Waals surface area (Å²) in [6.07, 6.45) is 0.298. The van der Waals surface area contributed by atoms with Gasteiger partial charge >= 0.3 is 0 Å². The number of aromatic nitrogens is 2. The zero-order valence-electron chi connectivity index (χ0n) is 10.8. The van der Waals surface area contributed by atoms with Crippen molar-refractivity contribution in [2.24, 2.45) is 5.73 Å². The van der Waals surface area contributed by atoms with Gasteiger partial charge in [0.25, 0.3) is 5.22 Å². The van der Waals surface area contributed by atoms with Crippen molar-refractivity contribution in [3.05, 3.63) is 29.3 Å². The Kier molecular flexibility index (Phi) is 4.21. The molecule has 0 atom stereocenters. The molecule has 0 aliphatic carbocycles. The second kappa shape index (κ2) is 5.88. The molecule has 5 nitrogen and oxygen atoms in total. The number of aryl methyl sites for hydroxylation is 2. The lowest BCUT2D eigenvalue weighted by Gasteiger charge is -2.00. The molecule has 0 aliphatic rings. The minimum atomic E-state index is -0.332. The highest BCUT2D eigenvalue weighted by Gasteiger charge is 2.10. The first-order valence-electron chi connectivity index (χ1n) is 5.88. The third-order valence-corrected chi connectivity index (χ3v) is 3.27. The van der Waals surface area contributed by atoms with Crippen LogP contribution in [0.15, 0.2) is 27.8 Å². The van der Waals surface area contributed by atoms with Crippen LogP contribution in [0.4, 0.5) is 0 Å². The van der Waals surface area contributed by atoms with Crippen molar-refractivity contribution < 1.29 is 9.21 Å². The lowest BCUT2D eigenvalue weighted by atomic mass is 10.1. The smallest absolute Gasteiger partial charge is 0.276 e. The van der Waals surface area contributed by atoms with Gasteiger partial charge in [0.1, 0.15) is 0 Å². The highest BCUT2D eigenvalue weighted by Crippen LogP contribution is 2.25. The van der Waals surface area contributed by atoms with Gasteiger partial charge in [-0.25, -0.2) is 0 Å². The number of benzene rings is 1. The number of hydrogen-bond donors (Lipinski definition) is 1. The van der Waals surface area contributed by atoms with E-state index in [1.165, 1.54) is 11.8 Å². The summed E-state index contributed by atoms with van der Waals surface area (Å²) >= 11 is 1.33. The van der Waals surface area contributed by atoms with Gasteiger partial charge in [0.15, 0.2) is 0 Å². The highest BCUT2D eigenvalue weighted by atomic mass is 32.2. The van der Waals surface area contributed by atoms with Gasteiger partial charge in [-0.05, 0) is 26.0 Å². The highest BCUT2D eigenvalue weighted by molar-refractivity contribution is 7.99. The molecule has 0 saturated heterocycles. The Morgan fingerprint density at radius 3 is 2.58 bits per heavy atom. The summed E-state index contributed by atoms with van der Waals surface area (Å²) in [4.78, 5) is 10.6. The normalized spacial score (nSPS) is 10.6. The molecule has 1 aromatic heterocycles. The third-order valence-electron chi connectivity index (χ3n) is 2.45. The predicted molar refractivity (Wildman–Crippen MR) is 73.7 cm³/mol. The molecule has 0 unspecified atom stereocenters. The predicted octanol–water partition coefficient (Wildman–Crippen LogP) is 2.32. The zero-order valence-corrected chi connectivity index (χ0v) is 11.7. The molecule has 100 valence electrons. The summed E-state index contributed by atoms with van der Waals surface area (Å²) in [6.45, 7) is 4.05. The number of amides is 1. The van der Waals surface area contributed by atoms with Crippen LogP contribution in [-0.4, -0.2) is 21.9 Å². The van der Waals surface area contributed by atoms with Gasteiger partial charge in [0, 0.05) is 17.7 Å². The number of thioether (sulfide) groups is 1. The van der Waals surface area contributed by atoms with E-state index >= 15 is 0 Å². The molecule has 19 heavy (non-hydrogen) atoms. The van der Waals surface area contributed by atoms with Gasteiger partial charge in [0.2, 0.25) is 11.8 Å². The minimum Gasteiger partial charge on any atom is -0.411 e. The number of carbonyl (C=O) groups excluding carboxylic acids is 1. The lowest BCUT2D eigenvalue weighted by Crippen LogP contribution is -2.10. The van der Waals surface area contributed by atoms with Crippen molar-refractivity contribution in [1.82, 2.24) is 10.2 Å². The number of nitrogens with zero attached hydrogens (tertiary/aromatic N) is 2. The summed E-state index contributed by atoms with van der Waals surface area (Å²) in [7, 11) is 0. The van der Waals surface area contributed by atoms with Crippen molar-refractivity contribution in [3.8, 4) is 11.5 Å². The average Bonchev–Trinajstić information content (AvgIpc) is 2.76. The molecule has 1 aromatic carbocycles. The van der Waals surface area contributed by atoms with Gasteiger partial charge in [0.05, 0.1) is 0 Å². The number of carbonyl (C=O) groups is 1. The minimum absolute atomic E-state index is 0.298. The maximum absolute atomic E-state index is 10.6. The topological polar surface area (TPSA) is 82.0 Å². The summed E-state index contributed by atoms with van der Waals surface area (Å²) in [5.74, 6) is 0.707. The Labute approximate surface area is 115 Å². The molecule has 6 heteroatoms. The van der Waals surface area contributed by atoms with E-state index in [4.69, 9.17) is 10.2 Å². The molecular weight excluding hydrogens is 262 g/mol. The average molecular weight is 277 g/mol. The second-order valence-electron chi connectivity index (χ2n) is 4.31. The Morgan fingerprint density at radius 2 is 1.95 bits per heavy atom. The molecular formula is C13H15N3O2S. The van der Waals surface area contributed by atoms with Gasteiger partial charge in [-0.1, -0.05) is 29.0 Å². The van der Waals surface area contributed by atoms with Crippen molar-refractivity contribution in [1.29, 1.82) is 0 Å². The van der Waals surface area contributed by atoms with Crippen LogP contribution >= 0.6 is 11.8 Å². The largest absolute Gasteiger partial charge is 0.411 e. The molecule has 0 fully saturated rings. The van der Waals surface area contributed by atoms with Crippen LogP contribution < -0.4 is 5.73 Å². The number of rotatable bonds is 5. The third kappa shape index (κ3) is 3.82. The standard InChI is InChI=1S/C13H15N3O2S/c1-8-5-9(2)7-10(6-8)12-15-16-13(18-12)19-4-3-11(14)17/h5-7H,3-4H2,1-2H3,(H2,14,17). The van der Waals surface area contributed by atoms with E-state index in [0.29, 0.717) is 23.3 Å². The van der Waals surface area contributed by atoms with Crippen LogP contribution in [0.25, 0.3) is 11.5 Å². The first-order valence-corrected chi connectivity index (χ1v) is 6.86. The van der Waals surface area contributed by atoms with Gasteiger partial charge in [-0.2, -0.15) is 0 Å². The van der Waals surface area contributed by atoms with E-state index in [1.54, 1.807) is 0 Å². The molecule has 2 aromatic rings. The summed E-state index contributed by atoms with van der Waals surface area (Å²) in [6, 6.07) is 6.08. The van der Waals surface area contributed by atoms with E-state index in [9.17, 15) is 4.79 Å². The Bertz CT molecular complexity index is 575. The van der Waals surface area contributed by atoms with E-state index in [1.807, 2.05) is 26.0 Å². The number of hydrogen-bond acceptors (Lipinski definition) is 5. The molecule has 2 rings (SSSR count). The van der Waals surface area contributed by atoms with Crippen LogP contribution in [0, 0.1) is 13.8 Å². The van der Waals surface area contributed by atoms with Crippen LogP contribution in [-0.2, 0) is 4.79 Å². The molecule has 1 heterocycles. The van der Waals surface area contributed by atoms with E-state index in [-0.39, 0.29) is 5.91 Å². The molecule has 0 spiro atoms. The Morgan fingerprint density at radius 1 is 1.26 bits per heavy atom. The quantitative estimate of drug-likeness (QED) is 0.848. The first-order chi connectivity index (χ1) is 9.04. The maximum Gasteiger partial charge on any atom is 0.276 e. The number of nitrogens with two attached hydrogens (primary N) is 1. The van der Waals surface area contributed by atoms with Crippen LogP contribution in [0.2, 0.25) is 0 Å². The van der Waals surface area contributed by atoms with Crippen LogP contribution in [0.5, 0.6) is 0 Å². The molecule has 0 radical (unpaired) electrons. The fourth-order valence-corrected chi connectivity index (χ4v) is 2.44.